The van der Waals surface area contributed by atoms with Gasteiger partial charge in [0.25, 0.3) is 5.91 Å². The Morgan fingerprint density at radius 1 is 1.13 bits per heavy atom. The predicted molar refractivity (Wildman–Crippen MR) is 84.0 cm³/mol. The van der Waals surface area contributed by atoms with Crippen LogP contribution in [0.25, 0.3) is 11.1 Å². The average Bonchev–Trinajstić information content (AvgIpc) is 3.13. The normalized spacial score (nSPS) is 12.6. The highest BCUT2D eigenvalue weighted by Gasteiger charge is 2.19. The maximum Gasteiger partial charge on any atom is 0.291 e. The summed E-state index contributed by atoms with van der Waals surface area (Å²) in [4.78, 5) is 16.8. The number of rotatable bonds is 2. The van der Waals surface area contributed by atoms with Crippen LogP contribution in [-0.4, -0.2) is 17.7 Å². The highest BCUT2D eigenvalue weighted by atomic mass is 16.7. The van der Waals surface area contributed by atoms with E-state index < -0.39 is 0 Å². The van der Waals surface area contributed by atoms with Gasteiger partial charge in [-0.2, -0.15) is 0 Å². The van der Waals surface area contributed by atoms with E-state index in [1.807, 2.05) is 26.0 Å². The number of anilines is 1. The summed E-state index contributed by atoms with van der Waals surface area (Å²) in [6.07, 6.45) is 0. The molecular weight excluding hydrogens is 296 g/mol. The lowest BCUT2D eigenvalue weighted by atomic mass is 10.1. The molecule has 6 nitrogen and oxygen atoms in total. The fourth-order valence-corrected chi connectivity index (χ4v) is 2.50. The van der Waals surface area contributed by atoms with Crippen LogP contribution in [-0.2, 0) is 0 Å². The Kier molecular flexibility index (Phi) is 2.97. The molecule has 23 heavy (non-hydrogen) atoms. The molecule has 0 radical (unpaired) electrons. The highest BCUT2D eigenvalue weighted by molar-refractivity contribution is 6.04. The Labute approximate surface area is 132 Å². The summed E-state index contributed by atoms with van der Waals surface area (Å²) >= 11 is 0. The molecule has 1 aliphatic rings. The first-order chi connectivity index (χ1) is 11.1. The molecule has 3 heterocycles. The van der Waals surface area contributed by atoms with Gasteiger partial charge in [0.15, 0.2) is 22.8 Å². The quantitative estimate of drug-likeness (QED) is 0.785. The zero-order valence-corrected chi connectivity index (χ0v) is 12.7. The van der Waals surface area contributed by atoms with Crippen molar-refractivity contribution in [1.82, 2.24) is 4.98 Å². The number of benzene rings is 1. The van der Waals surface area contributed by atoms with E-state index in [9.17, 15) is 4.79 Å². The summed E-state index contributed by atoms with van der Waals surface area (Å²) in [5.41, 5.74) is 3.66. The van der Waals surface area contributed by atoms with Crippen molar-refractivity contribution < 1.29 is 18.7 Å². The number of ether oxygens (including phenoxy) is 2. The first kappa shape index (κ1) is 13.6. The third-order valence-electron chi connectivity index (χ3n) is 3.70. The second-order valence-electron chi connectivity index (χ2n) is 5.42. The van der Waals surface area contributed by atoms with Crippen LogP contribution in [0, 0.1) is 13.8 Å². The van der Waals surface area contributed by atoms with Gasteiger partial charge in [-0.15, -0.1) is 0 Å². The van der Waals surface area contributed by atoms with Gasteiger partial charge in [-0.1, -0.05) is 0 Å². The number of nitrogens with zero attached hydrogens (tertiary/aromatic N) is 1. The van der Waals surface area contributed by atoms with Crippen molar-refractivity contribution in [3.63, 3.8) is 0 Å². The molecule has 0 spiro atoms. The van der Waals surface area contributed by atoms with Crippen molar-refractivity contribution in [2.45, 2.75) is 13.8 Å². The van der Waals surface area contributed by atoms with E-state index in [-0.39, 0.29) is 18.5 Å². The molecule has 3 aromatic rings. The summed E-state index contributed by atoms with van der Waals surface area (Å²) in [5, 5.41) is 2.84. The SMILES string of the molecule is Cc1ccc2oc(C(=O)Nc3cc4c(cc3C)OCO4)cc2n1. The minimum Gasteiger partial charge on any atom is -0.454 e. The summed E-state index contributed by atoms with van der Waals surface area (Å²) < 4.78 is 16.2. The molecule has 6 heteroatoms. The minimum absolute atomic E-state index is 0.195. The number of nitrogens with one attached hydrogen (secondary N) is 1. The third-order valence-corrected chi connectivity index (χ3v) is 3.70. The molecule has 0 aliphatic carbocycles. The molecule has 0 saturated carbocycles. The molecule has 0 atom stereocenters. The van der Waals surface area contributed by atoms with E-state index in [0.29, 0.717) is 28.3 Å². The summed E-state index contributed by atoms with van der Waals surface area (Å²) in [6.45, 7) is 3.98. The van der Waals surface area contributed by atoms with Crippen LogP contribution >= 0.6 is 0 Å². The van der Waals surface area contributed by atoms with Crippen LogP contribution in [0.3, 0.4) is 0 Å². The summed E-state index contributed by atoms with van der Waals surface area (Å²) in [7, 11) is 0. The smallest absolute Gasteiger partial charge is 0.291 e. The zero-order chi connectivity index (χ0) is 16.0. The van der Waals surface area contributed by atoms with Gasteiger partial charge in [0.1, 0.15) is 5.52 Å². The number of aromatic nitrogens is 1. The van der Waals surface area contributed by atoms with E-state index in [1.54, 1.807) is 18.2 Å². The molecule has 1 N–H and O–H groups in total. The predicted octanol–water partition coefficient (Wildman–Crippen LogP) is 3.43. The molecule has 1 aliphatic heterocycles. The topological polar surface area (TPSA) is 73.6 Å². The number of pyridine rings is 1. The van der Waals surface area contributed by atoms with Crippen LogP contribution in [0.5, 0.6) is 11.5 Å². The lowest BCUT2D eigenvalue weighted by Gasteiger charge is -2.08. The number of amides is 1. The van der Waals surface area contributed by atoms with Crippen LogP contribution in [0.2, 0.25) is 0 Å². The summed E-state index contributed by atoms with van der Waals surface area (Å²) in [5.74, 6) is 1.19. The molecule has 0 unspecified atom stereocenters. The van der Waals surface area contributed by atoms with Crippen molar-refractivity contribution in [3.05, 3.63) is 47.3 Å². The summed E-state index contributed by atoms with van der Waals surface area (Å²) in [6, 6.07) is 8.87. The van der Waals surface area contributed by atoms with Crippen molar-refractivity contribution in [1.29, 1.82) is 0 Å². The van der Waals surface area contributed by atoms with Gasteiger partial charge in [-0.25, -0.2) is 4.98 Å². The molecule has 1 amide bonds. The van der Waals surface area contributed by atoms with Gasteiger partial charge in [0, 0.05) is 23.5 Å². The Balaban J connectivity index is 1.64. The number of fused-ring (bicyclic) bond motifs is 2. The first-order valence-electron chi connectivity index (χ1n) is 7.19. The van der Waals surface area contributed by atoms with Gasteiger partial charge in [-0.3, -0.25) is 4.79 Å². The first-order valence-corrected chi connectivity index (χ1v) is 7.19. The van der Waals surface area contributed by atoms with E-state index >= 15 is 0 Å². The molecule has 2 aromatic heterocycles. The van der Waals surface area contributed by atoms with Gasteiger partial charge in [-0.05, 0) is 37.6 Å². The molecule has 1 aromatic carbocycles. The Morgan fingerprint density at radius 3 is 2.74 bits per heavy atom. The van der Waals surface area contributed by atoms with Gasteiger partial charge in [0.05, 0.1) is 0 Å². The van der Waals surface area contributed by atoms with E-state index in [4.69, 9.17) is 13.9 Å². The van der Waals surface area contributed by atoms with Crippen LogP contribution in [0.4, 0.5) is 5.69 Å². The highest BCUT2D eigenvalue weighted by Crippen LogP contribution is 2.36. The third kappa shape index (κ3) is 2.38. The zero-order valence-electron chi connectivity index (χ0n) is 12.7. The number of hydrogen-bond donors (Lipinski definition) is 1. The van der Waals surface area contributed by atoms with Gasteiger partial charge < -0.3 is 19.2 Å². The largest absolute Gasteiger partial charge is 0.454 e. The monoisotopic (exact) mass is 310 g/mol. The van der Waals surface area contributed by atoms with Crippen LogP contribution in [0.1, 0.15) is 21.8 Å². The van der Waals surface area contributed by atoms with E-state index in [2.05, 4.69) is 10.3 Å². The lowest BCUT2D eigenvalue weighted by Crippen LogP contribution is -2.11. The van der Waals surface area contributed by atoms with Crippen LogP contribution in [0.15, 0.2) is 34.7 Å². The molecule has 0 fully saturated rings. The number of furan rings is 1. The Bertz CT molecular complexity index is 930. The average molecular weight is 310 g/mol. The van der Waals surface area contributed by atoms with Crippen molar-refractivity contribution in [3.8, 4) is 11.5 Å². The van der Waals surface area contributed by atoms with Gasteiger partial charge >= 0.3 is 0 Å². The number of carbonyl (C=O) groups excluding carboxylic acids is 1. The van der Waals surface area contributed by atoms with Gasteiger partial charge in [0.2, 0.25) is 6.79 Å². The Morgan fingerprint density at radius 2 is 1.91 bits per heavy atom. The van der Waals surface area contributed by atoms with Crippen LogP contribution < -0.4 is 14.8 Å². The fourth-order valence-electron chi connectivity index (χ4n) is 2.50. The number of hydrogen-bond acceptors (Lipinski definition) is 5. The fraction of sp³-hybridized carbons (Fsp3) is 0.176. The number of aryl methyl sites for hydroxylation is 2. The molecule has 4 rings (SSSR count). The maximum atomic E-state index is 12.4. The minimum atomic E-state index is -0.331. The van der Waals surface area contributed by atoms with Crippen molar-refractivity contribution >= 4 is 22.7 Å². The molecular formula is C17H14N2O4. The van der Waals surface area contributed by atoms with E-state index in [1.165, 1.54) is 0 Å². The number of carbonyl (C=O) groups is 1. The maximum absolute atomic E-state index is 12.4. The molecule has 0 bridgehead atoms. The Hall–Kier alpha value is -3.02. The molecule has 0 saturated heterocycles. The molecule has 116 valence electrons. The standard InChI is InChI=1S/C17H14N2O4/c1-9-5-14-15(22-8-21-14)6-11(9)19-17(20)16-7-12-13(23-16)4-3-10(2)18-12/h3-7H,8H2,1-2H3,(H,19,20). The van der Waals surface area contributed by atoms with E-state index in [0.717, 1.165) is 11.3 Å². The van der Waals surface area contributed by atoms with Crippen molar-refractivity contribution in [2.24, 2.45) is 0 Å². The lowest BCUT2D eigenvalue weighted by molar-refractivity contribution is 0.0998. The second kappa shape index (κ2) is 5.01. The second-order valence-corrected chi connectivity index (χ2v) is 5.42. The van der Waals surface area contributed by atoms with Crippen molar-refractivity contribution in [2.75, 3.05) is 12.1 Å².